The van der Waals surface area contributed by atoms with E-state index in [-0.39, 0.29) is 29.8 Å². The van der Waals surface area contributed by atoms with Crippen molar-refractivity contribution in [1.82, 2.24) is 5.32 Å². The fourth-order valence-electron chi connectivity index (χ4n) is 5.01. The summed E-state index contributed by atoms with van der Waals surface area (Å²) in [6.45, 7) is 8.77. The quantitative estimate of drug-likeness (QED) is 0.402. The summed E-state index contributed by atoms with van der Waals surface area (Å²) in [5.74, 6) is -0.420. The first-order chi connectivity index (χ1) is 17.4. The van der Waals surface area contributed by atoms with E-state index >= 15 is 0 Å². The summed E-state index contributed by atoms with van der Waals surface area (Å²) in [4.78, 5) is 27.7. The molecule has 3 aromatic carbocycles. The number of hydrogen-bond donors (Lipinski definition) is 1. The molecule has 5 heteroatoms. The second kappa shape index (κ2) is 11.4. The third-order valence-electron chi connectivity index (χ3n) is 6.76. The van der Waals surface area contributed by atoms with Crippen LogP contribution in [0.3, 0.4) is 0 Å². The number of benzene rings is 3. The molecule has 1 N–H and O–H groups in total. The van der Waals surface area contributed by atoms with Crippen LogP contribution in [0, 0.1) is 5.41 Å². The van der Waals surface area contributed by atoms with Gasteiger partial charge in [0.15, 0.2) is 0 Å². The van der Waals surface area contributed by atoms with Crippen molar-refractivity contribution >= 4 is 17.6 Å². The topological polar surface area (TPSA) is 58.6 Å². The van der Waals surface area contributed by atoms with Crippen LogP contribution in [0.1, 0.15) is 66.7 Å². The summed E-state index contributed by atoms with van der Waals surface area (Å²) in [6.07, 6.45) is 2.61. The molecular formula is C31H36N2O3. The molecule has 0 aliphatic carbocycles. The number of nitrogens with zero attached hydrogens (tertiary/aromatic N) is 1. The number of piperidine rings is 1. The number of anilines is 1. The second-order valence-electron chi connectivity index (χ2n) is 10.3. The Bertz CT molecular complexity index is 1170. The standard InChI is InChI=1S/C31H36N2O3/c1-4-36-30(35)25-17-15-23(16-18-25)21-28(34)32-29(24-11-6-5-7-12-24)26-13-8-9-14-27(26)33-20-10-19-31(2,3)22-33/h5-9,11-18,29H,4,10,19-22H2,1-3H3,(H,32,34). The summed E-state index contributed by atoms with van der Waals surface area (Å²) >= 11 is 0. The lowest BCUT2D eigenvalue weighted by molar-refractivity contribution is -0.120. The van der Waals surface area contributed by atoms with E-state index in [0.29, 0.717) is 12.2 Å². The molecule has 1 saturated heterocycles. The van der Waals surface area contributed by atoms with Gasteiger partial charge >= 0.3 is 5.97 Å². The first-order valence-corrected chi connectivity index (χ1v) is 12.8. The smallest absolute Gasteiger partial charge is 0.338 e. The van der Waals surface area contributed by atoms with Gasteiger partial charge in [0.1, 0.15) is 0 Å². The van der Waals surface area contributed by atoms with Crippen LogP contribution in [0.5, 0.6) is 0 Å². The molecule has 1 fully saturated rings. The molecule has 1 aliphatic rings. The maximum Gasteiger partial charge on any atom is 0.338 e. The highest BCUT2D eigenvalue weighted by atomic mass is 16.5. The molecule has 36 heavy (non-hydrogen) atoms. The fraction of sp³-hybridized carbons (Fsp3) is 0.355. The molecule has 0 aromatic heterocycles. The van der Waals surface area contributed by atoms with Crippen molar-refractivity contribution in [3.8, 4) is 0 Å². The van der Waals surface area contributed by atoms with Gasteiger partial charge in [-0.15, -0.1) is 0 Å². The van der Waals surface area contributed by atoms with Crippen molar-refractivity contribution in [1.29, 1.82) is 0 Å². The third-order valence-corrected chi connectivity index (χ3v) is 6.76. The Kier molecular flexibility index (Phi) is 8.09. The summed E-state index contributed by atoms with van der Waals surface area (Å²) in [7, 11) is 0. The molecule has 1 aliphatic heterocycles. The average Bonchev–Trinajstić information content (AvgIpc) is 2.88. The lowest BCUT2D eigenvalue weighted by Crippen LogP contribution is -2.41. The van der Waals surface area contributed by atoms with Gasteiger partial charge in [0.25, 0.3) is 0 Å². The minimum Gasteiger partial charge on any atom is -0.462 e. The highest BCUT2D eigenvalue weighted by molar-refractivity contribution is 5.89. The fourth-order valence-corrected chi connectivity index (χ4v) is 5.01. The van der Waals surface area contributed by atoms with Crippen LogP contribution >= 0.6 is 0 Å². The Hall–Kier alpha value is -3.60. The van der Waals surface area contributed by atoms with Gasteiger partial charge < -0.3 is 15.0 Å². The minimum atomic E-state index is -0.352. The number of para-hydroxylation sites is 1. The van der Waals surface area contributed by atoms with Gasteiger partial charge in [0.2, 0.25) is 5.91 Å². The SMILES string of the molecule is CCOC(=O)c1ccc(CC(=O)NC(c2ccccc2)c2ccccc2N2CCCC(C)(C)C2)cc1. The molecule has 1 unspecified atom stereocenters. The van der Waals surface area contributed by atoms with Crippen molar-refractivity contribution in [3.63, 3.8) is 0 Å². The lowest BCUT2D eigenvalue weighted by Gasteiger charge is -2.41. The maximum atomic E-state index is 13.3. The number of rotatable bonds is 8. The van der Waals surface area contributed by atoms with Gasteiger partial charge in [-0.3, -0.25) is 4.79 Å². The molecule has 1 heterocycles. The number of carbonyl (C=O) groups is 2. The maximum absolute atomic E-state index is 13.3. The number of esters is 1. The third kappa shape index (κ3) is 6.34. The van der Waals surface area contributed by atoms with Crippen molar-refractivity contribution in [2.24, 2.45) is 5.41 Å². The first kappa shape index (κ1) is 25.5. The van der Waals surface area contributed by atoms with E-state index < -0.39 is 0 Å². The Labute approximate surface area is 214 Å². The van der Waals surface area contributed by atoms with E-state index in [1.807, 2.05) is 36.4 Å². The van der Waals surface area contributed by atoms with Gasteiger partial charge in [-0.1, -0.05) is 74.5 Å². The highest BCUT2D eigenvalue weighted by Gasteiger charge is 2.29. The van der Waals surface area contributed by atoms with E-state index in [4.69, 9.17) is 4.74 Å². The zero-order chi connectivity index (χ0) is 25.5. The van der Waals surface area contributed by atoms with Crippen molar-refractivity contribution < 1.29 is 14.3 Å². The van der Waals surface area contributed by atoms with E-state index in [9.17, 15) is 9.59 Å². The highest BCUT2D eigenvalue weighted by Crippen LogP contribution is 2.36. The zero-order valence-corrected chi connectivity index (χ0v) is 21.5. The molecule has 188 valence electrons. The number of carbonyl (C=O) groups excluding carboxylic acids is 2. The number of ether oxygens (including phenoxy) is 1. The molecule has 0 saturated carbocycles. The van der Waals surface area contributed by atoms with Crippen LogP contribution in [0.4, 0.5) is 5.69 Å². The van der Waals surface area contributed by atoms with Crippen LogP contribution in [0.25, 0.3) is 0 Å². The Morgan fingerprint density at radius 1 is 0.972 bits per heavy atom. The minimum absolute atomic E-state index is 0.0680. The molecular weight excluding hydrogens is 448 g/mol. The van der Waals surface area contributed by atoms with Crippen molar-refractivity contribution in [3.05, 3.63) is 101 Å². The molecule has 0 spiro atoms. The molecule has 1 amide bonds. The number of hydrogen-bond acceptors (Lipinski definition) is 4. The first-order valence-electron chi connectivity index (χ1n) is 12.8. The molecule has 5 nitrogen and oxygen atoms in total. The van der Waals surface area contributed by atoms with Gasteiger partial charge in [0, 0.05) is 24.3 Å². The zero-order valence-electron chi connectivity index (χ0n) is 21.5. The van der Waals surface area contributed by atoms with Gasteiger partial charge in [-0.05, 0) is 54.5 Å². The van der Waals surface area contributed by atoms with E-state index in [2.05, 4.69) is 54.4 Å². The number of nitrogens with one attached hydrogen (secondary N) is 1. The molecule has 0 radical (unpaired) electrons. The van der Waals surface area contributed by atoms with Crippen LogP contribution in [-0.4, -0.2) is 31.6 Å². The van der Waals surface area contributed by atoms with Crippen molar-refractivity contribution in [2.45, 2.75) is 46.1 Å². The lowest BCUT2D eigenvalue weighted by atomic mass is 9.83. The van der Waals surface area contributed by atoms with Crippen molar-refractivity contribution in [2.75, 3.05) is 24.6 Å². The Balaban J connectivity index is 1.58. The van der Waals surface area contributed by atoms with Gasteiger partial charge in [-0.2, -0.15) is 0 Å². The number of amides is 1. The summed E-state index contributed by atoms with van der Waals surface area (Å²) in [5, 5.41) is 3.30. The van der Waals surface area contributed by atoms with Gasteiger partial charge in [-0.25, -0.2) is 4.79 Å². The predicted molar refractivity (Wildman–Crippen MR) is 144 cm³/mol. The Morgan fingerprint density at radius 3 is 2.36 bits per heavy atom. The van der Waals surface area contributed by atoms with E-state index in [1.165, 1.54) is 12.1 Å². The molecule has 4 rings (SSSR count). The monoisotopic (exact) mass is 484 g/mol. The van der Waals surface area contributed by atoms with Gasteiger partial charge in [0.05, 0.1) is 24.6 Å². The van der Waals surface area contributed by atoms with Crippen LogP contribution in [0.2, 0.25) is 0 Å². The summed E-state index contributed by atoms with van der Waals surface area (Å²) in [5.41, 5.74) is 4.92. The molecule has 3 aromatic rings. The predicted octanol–water partition coefficient (Wildman–Crippen LogP) is 5.94. The van der Waals surface area contributed by atoms with Crippen LogP contribution < -0.4 is 10.2 Å². The van der Waals surface area contributed by atoms with Crippen LogP contribution in [-0.2, 0) is 16.0 Å². The normalized spacial score (nSPS) is 15.7. The molecule has 0 bridgehead atoms. The largest absolute Gasteiger partial charge is 0.462 e. The van der Waals surface area contributed by atoms with E-state index in [1.54, 1.807) is 19.1 Å². The average molecular weight is 485 g/mol. The second-order valence-corrected chi connectivity index (χ2v) is 10.3. The molecule has 1 atom stereocenters. The summed E-state index contributed by atoms with van der Waals surface area (Å²) in [6, 6.07) is 25.4. The summed E-state index contributed by atoms with van der Waals surface area (Å²) < 4.78 is 5.05. The van der Waals surface area contributed by atoms with E-state index in [0.717, 1.165) is 36.2 Å². The van der Waals surface area contributed by atoms with Crippen LogP contribution in [0.15, 0.2) is 78.9 Å². The Morgan fingerprint density at radius 2 is 1.67 bits per heavy atom.